The van der Waals surface area contributed by atoms with Gasteiger partial charge in [0.15, 0.2) is 6.04 Å². The summed E-state index contributed by atoms with van der Waals surface area (Å²) in [5.41, 5.74) is -1.58. The van der Waals surface area contributed by atoms with Crippen LogP contribution in [0.25, 0.3) is 10.9 Å². The molecule has 170 valence electrons. The van der Waals surface area contributed by atoms with Gasteiger partial charge in [-0.1, -0.05) is 19.1 Å². The van der Waals surface area contributed by atoms with Crippen molar-refractivity contribution >= 4 is 22.8 Å². The number of amides is 1. The van der Waals surface area contributed by atoms with Crippen molar-refractivity contribution in [1.82, 2.24) is 10.3 Å². The third kappa shape index (κ3) is 4.71. The summed E-state index contributed by atoms with van der Waals surface area (Å²) in [6.07, 6.45) is -9.56. The molecule has 1 amide bonds. The quantitative estimate of drug-likeness (QED) is 0.443. The van der Waals surface area contributed by atoms with E-state index in [4.69, 9.17) is 0 Å². The zero-order valence-electron chi connectivity index (χ0n) is 16.4. The fraction of sp³-hybridized carbons (Fsp3) is 0.238. The Hall–Kier alpha value is -3.50. The summed E-state index contributed by atoms with van der Waals surface area (Å²) in [4.78, 5) is 26.5. The van der Waals surface area contributed by atoms with Gasteiger partial charge in [0, 0.05) is 10.9 Å². The first kappa shape index (κ1) is 23.2. The molecule has 5 nitrogen and oxygen atoms in total. The van der Waals surface area contributed by atoms with Gasteiger partial charge >= 0.3 is 18.3 Å². The molecule has 1 heterocycles. The molecule has 0 saturated heterocycles. The highest BCUT2D eigenvalue weighted by Gasteiger charge is 2.43. The monoisotopic (exact) mass is 458 g/mol. The zero-order chi connectivity index (χ0) is 23.8. The molecule has 3 N–H and O–H groups in total. The van der Waals surface area contributed by atoms with Crippen LogP contribution in [0, 0.1) is 0 Å². The van der Waals surface area contributed by atoms with Crippen molar-refractivity contribution < 1.29 is 41.0 Å². The summed E-state index contributed by atoms with van der Waals surface area (Å²) < 4.78 is 79.5. The number of H-pyrrole nitrogens is 1. The number of aromatic amines is 1. The van der Waals surface area contributed by atoms with Gasteiger partial charge in [0.2, 0.25) is 0 Å². The maximum absolute atomic E-state index is 13.6. The highest BCUT2D eigenvalue weighted by atomic mass is 19.4. The Morgan fingerprint density at radius 2 is 1.75 bits per heavy atom. The number of fused-ring (bicyclic) bond motifs is 1. The number of carbonyl (C=O) groups excluding carboxylic acids is 1. The summed E-state index contributed by atoms with van der Waals surface area (Å²) >= 11 is 0. The molecule has 0 bridgehead atoms. The van der Waals surface area contributed by atoms with Crippen molar-refractivity contribution in [2.45, 2.75) is 31.7 Å². The molecule has 0 radical (unpaired) electrons. The number of aryl methyl sites for hydroxylation is 1. The van der Waals surface area contributed by atoms with E-state index in [1.165, 1.54) is 18.2 Å². The zero-order valence-corrected chi connectivity index (χ0v) is 16.4. The Labute approximate surface area is 177 Å². The Balaban J connectivity index is 1.97. The molecule has 0 aliphatic carbocycles. The lowest BCUT2D eigenvalue weighted by Crippen LogP contribution is -2.38. The molecule has 1 unspecified atom stereocenters. The van der Waals surface area contributed by atoms with Crippen LogP contribution in [0.1, 0.15) is 50.5 Å². The van der Waals surface area contributed by atoms with Crippen molar-refractivity contribution in [2.75, 3.05) is 0 Å². The lowest BCUT2D eigenvalue weighted by atomic mass is 10.0. The molecule has 2 aromatic carbocycles. The molecule has 11 heteroatoms. The molecular weight excluding hydrogens is 442 g/mol. The van der Waals surface area contributed by atoms with Crippen LogP contribution < -0.4 is 5.32 Å². The minimum atomic E-state index is -5.07. The summed E-state index contributed by atoms with van der Waals surface area (Å²) in [6.45, 7) is 1.72. The van der Waals surface area contributed by atoms with Crippen LogP contribution >= 0.6 is 0 Å². The standard InChI is InChI=1S/C21H16F6N2O3/c1-2-10-8-15-12(7-14(10)19(31)32)9-16(28-15)18(30)29-17(21(25,26)27)11-4-3-5-13(6-11)20(22,23)24/h3-9,17,28H,2H2,1H3,(H,29,30)(H,31,32). The number of hydrogen-bond donors (Lipinski definition) is 3. The van der Waals surface area contributed by atoms with Gasteiger partial charge in [0.25, 0.3) is 5.91 Å². The number of rotatable bonds is 5. The molecule has 0 spiro atoms. The average Bonchev–Trinajstić information content (AvgIpc) is 3.12. The number of nitrogens with one attached hydrogen (secondary N) is 2. The first-order valence-electron chi connectivity index (χ1n) is 9.25. The van der Waals surface area contributed by atoms with E-state index in [1.807, 2.05) is 0 Å². The second kappa shape index (κ2) is 8.21. The van der Waals surface area contributed by atoms with Crippen molar-refractivity contribution in [3.05, 3.63) is 70.4 Å². The topological polar surface area (TPSA) is 82.2 Å². The first-order valence-corrected chi connectivity index (χ1v) is 9.25. The summed E-state index contributed by atoms with van der Waals surface area (Å²) in [5, 5.41) is 11.3. The van der Waals surface area contributed by atoms with Crippen LogP contribution in [0.15, 0.2) is 42.5 Å². The minimum Gasteiger partial charge on any atom is -0.478 e. The number of aromatic carboxylic acids is 1. The van der Waals surface area contributed by atoms with E-state index in [9.17, 15) is 41.0 Å². The van der Waals surface area contributed by atoms with Crippen LogP contribution in [0.2, 0.25) is 0 Å². The number of carbonyl (C=O) groups is 2. The number of hydrogen-bond acceptors (Lipinski definition) is 2. The SMILES string of the molecule is CCc1cc2[nH]c(C(=O)NC(c3cccc(C(F)(F)F)c3)C(F)(F)F)cc2cc1C(=O)O. The van der Waals surface area contributed by atoms with E-state index in [0.29, 0.717) is 29.6 Å². The highest BCUT2D eigenvalue weighted by molar-refractivity contribution is 6.01. The smallest absolute Gasteiger partial charge is 0.416 e. The largest absolute Gasteiger partial charge is 0.478 e. The van der Waals surface area contributed by atoms with Gasteiger partial charge in [-0.2, -0.15) is 26.3 Å². The third-order valence-electron chi connectivity index (χ3n) is 4.85. The van der Waals surface area contributed by atoms with Gasteiger partial charge < -0.3 is 15.4 Å². The third-order valence-corrected chi connectivity index (χ3v) is 4.85. The normalized spacial score (nSPS) is 13.2. The maximum Gasteiger partial charge on any atom is 0.416 e. The number of benzene rings is 2. The molecule has 32 heavy (non-hydrogen) atoms. The summed E-state index contributed by atoms with van der Waals surface area (Å²) in [5.74, 6) is -2.41. The predicted octanol–water partition coefficient (Wildman–Crippen LogP) is 5.48. The van der Waals surface area contributed by atoms with E-state index in [1.54, 1.807) is 12.2 Å². The Morgan fingerprint density at radius 3 is 2.31 bits per heavy atom. The molecule has 1 aromatic heterocycles. The number of carboxylic acids is 1. The van der Waals surface area contributed by atoms with Gasteiger partial charge in [-0.15, -0.1) is 0 Å². The molecule has 0 aliphatic heterocycles. The van der Waals surface area contributed by atoms with E-state index in [2.05, 4.69) is 4.98 Å². The average molecular weight is 458 g/mol. The van der Waals surface area contributed by atoms with E-state index >= 15 is 0 Å². The van der Waals surface area contributed by atoms with Crippen LogP contribution in [-0.2, 0) is 12.6 Å². The Bertz CT molecular complexity index is 1180. The lowest BCUT2D eigenvalue weighted by Gasteiger charge is -2.22. The van der Waals surface area contributed by atoms with Crippen LogP contribution in [0.4, 0.5) is 26.3 Å². The van der Waals surface area contributed by atoms with E-state index in [-0.39, 0.29) is 16.6 Å². The summed E-state index contributed by atoms with van der Waals surface area (Å²) in [6, 6.07) is 3.87. The van der Waals surface area contributed by atoms with E-state index < -0.39 is 41.4 Å². The number of carboxylic acid groups (broad SMARTS) is 1. The molecule has 1 atom stereocenters. The summed E-state index contributed by atoms with van der Waals surface area (Å²) in [7, 11) is 0. The first-order chi connectivity index (χ1) is 14.8. The van der Waals surface area contributed by atoms with Crippen LogP contribution in [0.3, 0.4) is 0 Å². The van der Waals surface area contributed by atoms with Crippen molar-refractivity contribution in [1.29, 1.82) is 0 Å². The van der Waals surface area contributed by atoms with Gasteiger partial charge in [-0.25, -0.2) is 4.79 Å². The molecular formula is C21H16F6N2O3. The second-order valence-corrected chi connectivity index (χ2v) is 7.01. The van der Waals surface area contributed by atoms with Crippen molar-refractivity contribution in [2.24, 2.45) is 0 Å². The fourth-order valence-corrected chi connectivity index (χ4v) is 3.30. The lowest BCUT2D eigenvalue weighted by molar-refractivity contribution is -0.156. The number of alkyl halides is 6. The van der Waals surface area contributed by atoms with Crippen molar-refractivity contribution in [3.8, 4) is 0 Å². The molecule has 0 fully saturated rings. The van der Waals surface area contributed by atoms with Crippen molar-refractivity contribution in [3.63, 3.8) is 0 Å². The van der Waals surface area contributed by atoms with Gasteiger partial charge in [-0.3, -0.25) is 4.79 Å². The Morgan fingerprint density at radius 1 is 1.06 bits per heavy atom. The minimum absolute atomic E-state index is 0.0110. The number of aromatic nitrogens is 1. The molecule has 0 aliphatic rings. The molecule has 3 rings (SSSR count). The van der Waals surface area contributed by atoms with Gasteiger partial charge in [0.05, 0.1) is 11.1 Å². The van der Waals surface area contributed by atoms with Gasteiger partial charge in [0.1, 0.15) is 5.69 Å². The van der Waals surface area contributed by atoms with E-state index in [0.717, 1.165) is 12.1 Å². The fourth-order valence-electron chi connectivity index (χ4n) is 3.30. The Kier molecular flexibility index (Phi) is 5.94. The highest BCUT2D eigenvalue weighted by Crippen LogP contribution is 2.36. The number of halogens is 6. The molecule has 3 aromatic rings. The van der Waals surface area contributed by atoms with Crippen LogP contribution in [0.5, 0.6) is 0 Å². The van der Waals surface area contributed by atoms with Gasteiger partial charge in [-0.05, 0) is 47.9 Å². The predicted molar refractivity (Wildman–Crippen MR) is 102 cm³/mol. The second-order valence-electron chi connectivity index (χ2n) is 7.01. The maximum atomic E-state index is 13.6. The molecule has 0 saturated carbocycles. The van der Waals surface area contributed by atoms with Crippen LogP contribution in [-0.4, -0.2) is 28.1 Å².